The van der Waals surface area contributed by atoms with Crippen LogP contribution in [0.4, 0.5) is 0 Å². The number of aryl methyl sites for hydroxylation is 1. The van der Waals surface area contributed by atoms with E-state index in [0.717, 1.165) is 30.8 Å². The van der Waals surface area contributed by atoms with Gasteiger partial charge in [0.15, 0.2) is 0 Å². The number of hydrogen-bond donors (Lipinski definition) is 1. The maximum Gasteiger partial charge on any atom is 0.227 e. The fraction of sp³-hybridized carbons (Fsp3) is 0.684. The first-order valence-electron chi connectivity index (χ1n) is 9.01. The van der Waals surface area contributed by atoms with Crippen LogP contribution in [0.5, 0.6) is 0 Å². The van der Waals surface area contributed by atoms with E-state index in [0.29, 0.717) is 12.0 Å². The number of allylic oxidation sites excluding steroid dienone is 1. The SMILES string of the molecule is CC1=C(CCN2Cc3cn(C)nc3[C@H](C(N)=O)C2)C(C)(C)CCC1. The highest BCUT2D eigenvalue weighted by Crippen LogP contribution is 2.42. The third kappa shape index (κ3) is 3.27. The normalized spacial score (nSPS) is 24.1. The zero-order valence-corrected chi connectivity index (χ0v) is 15.4. The van der Waals surface area contributed by atoms with E-state index in [4.69, 9.17) is 5.73 Å². The second kappa shape index (κ2) is 6.36. The first-order valence-corrected chi connectivity index (χ1v) is 9.01. The molecule has 1 aliphatic heterocycles. The Morgan fingerprint density at radius 1 is 1.46 bits per heavy atom. The van der Waals surface area contributed by atoms with Crippen LogP contribution in [-0.2, 0) is 18.4 Å². The molecule has 2 heterocycles. The zero-order valence-electron chi connectivity index (χ0n) is 15.4. The Bertz CT molecular complexity index is 671. The summed E-state index contributed by atoms with van der Waals surface area (Å²) >= 11 is 0. The second-order valence-corrected chi connectivity index (χ2v) is 8.15. The van der Waals surface area contributed by atoms with Gasteiger partial charge in [0, 0.05) is 38.4 Å². The quantitative estimate of drug-likeness (QED) is 0.863. The van der Waals surface area contributed by atoms with Gasteiger partial charge in [-0.15, -0.1) is 0 Å². The maximum absolute atomic E-state index is 11.9. The van der Waals surface area contributed by atoms with E-state index >= 15 is 0 Å². The monoisotopic (exact) mass is 330 g/mol. The number of nitrogens with two attached hydrogens (primary N) is 1. The Hall–Kier alpha value is -1.62. The molecule has 0 radical (unpaired) electrons. The van der Waals surface area contributed by atoms with E-state index in [1.807, 2.05) is 13.2 Å². The van der Waals surface area contributed by atoms with Crippen LogP contribution in [0.15, 0.2) is 17.3 Å². The Morgan fingerprint density at radius 2 is 2.21 bits per heavy atom. The lowest BCUT2D eigenvalue weighted by molar-refractivity contribution is -0.120. The van der Waals surface area contributed by atoms with Crippen LogP contribution in [-0.4, -0.2) is 33.7 Å². The van der Waals surface area contributed by atoms with Gasteiger partial charge in [0.1, 0.15) is 0 Å². The van der Waals surface area contributed by atoms with Crippen LogP contribution in [0.2, 0.25) is 0 Å². The molecule has 3 rings (SSSR count). The molecular weight excluding hydrogens is 300 g/mol. The Morgan fingerprint density at radius 3 is 2.88 bits per heavy atom. The number of fused-ring (bicyclic) bond motifs is 1. The minimum atomic E-state index is -0.288. The van der Waals surface area contributed by atoms with E-state index in [9.17, 15) is 4.79 Å². The summed E-state index contributed by atoms with van der Waals surface area (Å²) in [5, 5.41) is 4.45. The summed E-state index contributed by atoms with van der Waals surface area (Å²) in [6.45, 7) is 9.55. The van der Waals surface area contributed by atoms with Crippen LogP contribution in [0.3, 0.4) is 0 Å². The number of aromatic nitrogens is 2. The average Bonchev–Trinajstić information content (AvgIpc) is 2.85. The van der Waals surface area contributed by atoms with Gasteiger partial charge in [0.05, 0.1) is 11.6 Å². The minimum absolute atomic E-state index is 0.270. The van der Waals surface area contributed by atoms with Gasteiger partial charge < -0.3 is 5.73 Å². The van der Waals surface area contributed by atoms with Crippen molar-refractivity contribution in [2.45, 2.75) is 58.9 Å². The number of nitrogens with zero attached hydrogens (tertiary/aromatic N) is 3. The standard InChI is InChI=1S/C19H30N4O/c1-13-6-5-8-19(2,3)16(13)7-9-23-11-14-10-22(4)21-17(14)15(12-23)18(20)24/h10,15H,5-9,11-12H2,1-4H3,(H2,20,24)/t15-/m1/s1. The number of primary amides is 1. The summed E-state index contributed by atoms with van der Waals surface area (Å²) in [5.74, 6) is -0.558. The molecule has 132 valence electrons. The van der Waals surface area contributed by atoms with Crippen LogP contribution in [0.25, 0.3) is 0 Å². The number of rotatable bonds is 4. The van der Waals surface area contributed by atoms with Crippen LogP contribution in [0, 0.1) is 5.41 Å². The predicted molar refractivity (Wildman–Crippen MR) is 95.4 cm³/mol. The Balaban J connectivity index is 1.74. The zero-order chi connectivity index (χ0) is 17.5. The first-order chi connectivity index (χ1) is 11.3. The molecule has 1 aromatic rings. The van der Waals surface area contributed by atoms with Crippen molar-refractivity contribution in [1.82, 2.24) is 14.7 Å². The van der Waals surface area contributed by atoms with Crippen molar-refractivity contribution in [3.8, 4) is 0 Å². The summed E-state index contributed by atoms with van der Waals surface area (Å²) in [6, 6.07) is 0. The van der Waals surface area contributed by atoms with Crippen LogP contribution < -0.4 is 5.73 Å². The Labute approximate surface area is 144 Å². The lowest BCUT2D eigenvalue weighted by Crippen LogP contribution is -2.40. The van der Waals surface area contributed by atoms with E-state index in [2.05, 4.69) is 30.8 Å². The van der Waals surface area contributed by atoms with Gasteiger partial charge in [-0.1, -0.05) is 25.0 Å². The van der Waals surface area contributed by atoms with Crippen molar-refractivity contribution in [2.75, 3.05) is 13.1 Å². The molecule has 2 N–H and O–H groups in total. The van der Waals surface area contributed by atoms with E-state index < -0.39 is 0 Å². The smallest absolute Gasteiger partial charge is 0.227 e. The molecule has 1 aromatic heterocycles. The van der Waals surface area contributed by atoms with E-state index in [-0.39, 0.29) is 11.8 Å². The molecule has 5 nitrogen and oxygen atoms in total. The molecule has 2 aliphatic rings. The molecule has 5 heteroatoms. The molecule has 24 heavy (non-hydrogen) atoms. The maximum atomic E-state index is 11.9. The molecule has 0 saturated carbocycles. The van der Waals surface area contributed by atoms with Gasteiger partial charge in [-0.05, 0) is 38.0 Å². The highest BCUT2D eigenvalue weighted by Gasteiger charge is 2.33. The summed E-state index contributed by atoms with van der Waals surface area (Å²) in [5.41, 5.74) is 11.1. The lowest BCUT2D eigenvalue weighted by Gasteiger charge is -2.37. The molecule has 0 fully saturated rings. The number of amides is 1. The third-order valence-corrected chi connectivity index (χ3v) is 5.81. The topological polar surface area (TPSA) is 64.2 Å². The molecule has 1 amide bonds. The minimum Gasteiger partial charge on any atom is -0.369 e. The lowest BCUT2D eigenvalue weighted by atomic mass is 9.71. The van der Waals surface area contributed by atoms with Crippen LogP contribution in [0.1, 0.15) is 63.6 Å². The Kier molecular flexibility index (Phi) is 4.56. The fourth-order valence-electron chi connectivity index (χ4n) is 4.51. The van der Waals surface area contributed by atoms with Gasteiger partial charge in [-0.2, -0.15) is 5.10 Å². The second-order valence-electron chi connectivity index (χ2n) is 8.15. The van der Waals surface area contributed by atoms with E-state index in [1.54, 1.807) is 15.8 Å². The average molecular weight is 330 g/mol. The summed E-state index contributed by atoms with van der Waals surface area (Å²) in [6.07, 6.45) is 6.91. The summed E-state index contributed by atoms with van der Waals surface area (Å²) in [7, 11) is 1.90. The number of carbonyl (C=O) groups is 1. The molecule has 0 aromatic carbocycles. The third-order valence-electron chi connectivity index (χ3n) is 5.81. The molecular formula is C19H30N4O. The van der Waals surface area contributed by atoms with Gasteiger partial charge in [0.25, 0.3) is 0 Å². The molecule has 0 unspecified atom stereocenters. The van der Waals surface area contributed by atoms with Crippen LogP contribution >= 0.6 is 0 Å². The first kappa shape index (κ1) is 17.2. The van der Waals surface area contributed by atoms with Crippen molar-refractivity contribution >= 4 is 5.91 Å². The molecule has 0 saturated heterocycles. The molecule has 1 aliphatic carbocycles. The van der Waals surface area contributed by atoms with Crippen molar-refractivity contribution in [3.05, 3.63) is 28.6 Å². The summed E-state index contributed by atoms with van der Waals surface area (Å²) in [4.78, 5) is 14.2. The van der Waals surface area contributed by atoms with Crippen molar-refractivity contribution in [2.24, 2.45) is 18.2 Å². The number of carbonyl (C=O) groups excluding carboxylic acids is 1. The van der Waals surface area contributed by atoms with E-state index in [1.165, 1.54) is 19.3 Å². The highest BCUT2D eigenvalue weighted by atomic mass is 16.1. The van der Waals surface area contributed by atoms with Gasteiger partial charge in [-0.25, -0.2) is 0 Å². The van der Waals surface area contributed by atoms with Gasteiger partial charge in [0.2, 0.25) is 5.91 Å². The predicted octanol–water partition coefficient (Wildman–Crippen LogP) is 2.72. The van der Waals surface area contributed by atoms with Gasteiger partial charge >= 0.3 is 0 Å². The molecule has 1 atom stereocenters. The van der Waals surface area contributed by atoms with Crippen molar-refractivity contribution in [1.29, 1.82) is 0 Å². The van der Waals surface area contributed by atoms with Crippen molar-refractivity contribution in [3.63, 3.8) is 0 Å². The largest absolute Gasteiger partial charge is 0.369 e. The summed E-state index contributed by atoms with van der Waals surface area (Å²) < 4.78 is 1.79. The highest BCUT2D eigenvalue weighted by molar-refractivity contribution is 5.82. The molecule has 0 spiro atoms. The fourth-order valence-corrected chi connectivity index (χ4v) is 4.51. The number of hydrogen-bond acceptors (Lipinski definition) is 3. The van der Waals surface area contributed by atoms with Crippen molar-refractivity contribution < 1.29 is 4.79 Å². The van der Waals surface area contributed by atoms with Gasteiger partial charge in [-0.3, -0.25) is 14.4 Å². The molecule has 0 bridgehead atoms.